The summed E-state index contributed by atoms with van der Waals surface area (Å²) in [5, 5.41) is 4.26. The van der Waals surface area contributed by atoms with Gasteiger partial charge in [0.2, 0.25) is 0 Å². The summed E-state index contributed by atoms with van der Waals surface area (Å²) in [5.41, 5.74) is 11.7. The lowest BCUT2D eigenvalue weighted by molar-refractivity contribution is 0.433. The molecule has 0 radical (unpaired) electrons. The van der Waals surface area contributed by atoms with E-state index in [0.717, 1.165) is 48.1 Å². The van der Waals surface area contributed by atoms with E-state index in [1.165, 1.54) is 0 Å². The maximum atomic E-state index is 12.4. The number of rotatable bonds is 5. The van der Waals surface area contributed by atoms with Crippen LogP contribution in [0.5, 0.6) is 0 Å². The number of benzene rings is 1. The summed E-state index contributed by atoms with van der Waals surface area (Å²) in [5.74, 6) is 0.548. The van der Waals surface area contributed by atoms with Crippen LogP contribution in [0.4, 0.5) is 0 Å². The first-order chi connectivity index (χ1) is 16.0. The molecule has 0 spiro atoms. The molecular weight excluding hydrogens is 414 g/mol. The number of aryl methyl sites for hydroxylation is 1. The molecule has 4 aromatic rings. The van der Waals surface area contributed by atoms with Crippen molar-refractivity contribution < 1.29 is 4.52 Å². The van der Waals surface area contributed by atoms with Gasteiger partial charge in [-0.1, -0.05) is 36.2 Å². The SMILES string of the molecule is Cc1ncc(-c2ccc(=O)n(C3CCCC3)c2)nc1-c1cc(-c2cccc(C(C)N)c2)no1. The van der Waals surface area contributed by atoms with Gasteiger partial charge in [-0.25, -0.2) is 4.98 Å². The van der Waals surface area contributed by atoms with Crippen LogP contribution in [0.15, 0.2) is 64.2 Å². The van der Waals surface area contributed by atoms with Crippen LogP contribution >= 0.6 is 0 Å². The smallest absolute Gasteiger partial charge is 0.250 e. The van der Waals surface area contributed by atoms with Crippen molar-refractivity contribution in [1.82, 2.24) is 19.7 Å². The van der Waals surface area contributed by atoms with Crippen LogP contribution in [0.25, 0.3) is 34.0 Å². The predicted molar refractivity (Wildman–Crippen MR) is 128 cm³/mol. The highest BCUT2D eigenvalue weighted by atomic mass is 16.5. The third kappa shape index (κ3) is 4.24. The van der Waals surface area contributed by atoms with E-state index in [0.29, 0.717) is 22.8 Å². The molecule has 0 saturated heterocycles. The first-order valence-corrected chi connectivity index (χ1v) is 11.4. The molecule has 1 atom stereocenters. The van der Waals surface area contributed by atoms with E-state index in [1.807, 2.05) is 61.0 Å². The molecule has 0 aliphatic heterocycles. The van der Waals surface area contributed by atoms with Crippen LogP contribution < -0.4 is 11.3 Å². The van der Waals surface area contributed by atoms with Crippen molar-refractivity contribution in [1.29, 1.82) is 0 Å². The minimum Gasteiger partial charge on any atom is -0.354 e. The van der Waals surface area contributed by atoms with Crippen LogP contribution in [0, 0.1) is 6.92 Å². The van der Waals surface area contributed by atoms with Crippen molar-refractivity contribution in [3.8, 4) is 34.0 Å². The number of pyridine rings is 1. The van der Waals surface area contributed by atoms with Gasteiger partial charge in [-0.2, -0.15) is 0 Å². The molecule has 1 fully saturated rings. The maximum absolute atomic E-state index is 12.4. The summed E-state index contributed by atoms with van der Waals surface area (Å²) in [4.78, 5) is 21.8. The van der Waals surface area contributed by atoms with Gasteiger partial charge in [0.25, 0.3) is 5.56 Å². The lowest BCUT2D eigenvalue weighted by atomic mass is 10.0. The van der Waals surface area contributed by atoms with E-state index >= 15 is 0 Å². The molecular formula is C26H27N5O2. The normalized spacial score (nSPS) is 15.1. The van der Waals surface area contributed by atoms with Crippen LogP contribution in [0.1, 0.15) is 55.9 Å². The number of nitrogens with zero attached hydrogens (tertiary/aromatic N) is 4. The van der Waals surface area contributed by atoms with Gasteiger partial charge in [-0.05, 0) is 44.4 Å². The quantitative estimate of drug-likeness (QED) is 0.464. The lowest BCUT2D eigenvalue weighted by Gasteiger charge is -2.14. The average molecular weight is 442 g/mol. The Labute approximate surface area is 192 Å². The van der Waals surface area contributed by atoms with Gasteiger partial charge in [0.05, 0.1) is 17.6 Å². The van der Waals surface area contributed by atoms with Crippen molar-refractivity contribution in [2.45, 2.75) is 51.6 Å². The second-order valence-corrected chi connectivity index (χ2v) is 8.78. The average Bonchev–Trinajstić information content (AvgIpc) is 3.53. The van der Waals surface area contributed by atoms with Crippen LogP contribution in [-0.4, -0.2) is 19.7 Å². The van der Waals surface area contributed by atoms with E-state index in [2.05, 4.69) is 10.1 Å². The Morgan fingerprint density at radius 1 is 1.09 bits per heavy atom. The van der Waals surface area contributed by atoms with E-state index in [1.54, 1.807) is 12.3 Å². The van der Waals surface area contributed by atoms with Gasteiger partial charge in [0.1, 0.15) is 11.4 Å². The highest BCUT2D eigenvalue weighted by molar-refractivity contribution is 5.68. The van der Waals surface area contributed by atoms with Crippen LogP contribution in [0.3, 0.4) is 0 Å². The summed E-state index contributed by atoms with van der Waals surface area (Å²) < 4.78 is 7.51. The summed E-state index contributed by atoms with van der Waals surface area (Å²) in [7, 11) is 0. The van der Waals surface area contributed by atoms with Crippen molar-refractivity contribution in [3.63, 3.8) is 0 Å². The lowest BCUT2D eigenvalue weighted by Crippen LogP contribution is -2.22. The molecule has 1 aliphatic carbocycles. The standard InChI is InChI=1S/C26H27N5O2/c1-16(27)18-6-5-7-19(12-18)22-13-24(33-30-22)26-17(2)28-14-23(29-26)20-10-11-25(32)31(15-20)21-8-3-4-9-21/h5-7,10-16,21H,3-4,8-9,27H2,1-2H3. The molecule has 1 aliphatic rings. The largest absolute Gasteiger partial charge is 0.354 e. The highest BCUT2D eigenvalue weighted by Crippen LogP contribution is 2.31. The second kappa shape index (κ2) is 8.75. The first kappa shape index (κ1) is 21.3. The molecule has 33 heavy (non-hydrogen) atoms. The third-order valence-corrected chi connectivity index (χ3v) is 6.36. The van der Waals surface area contributed by atoms with Crippen molar-refractivity contribution in [3.05, 3.63) is 76.5 Å². The van der Waals surface area contributed by atoms with E-state index in [-0.39, 0.29) is 17.6 Å². The van der Waals surface area contributed by atoms with Gasteiger partial charge >= 0.3 is 0 Å². The number of hydrogen-bond donors (Lipinski definition) is 1. The van der Waals surface area contributed by atoms with Gasteiger partial charge in [0, 0.05) is 41.5 Å². The Bertz CT molecular complexity index is 1350. The van der Waals surface area contributed by atoms with Gasteiger partial charge in [0.15, 0.2) is 5.76 Å². The summed E-state index contributed by atoms with van der Waals surface area (Å²) in [6, 6.07) is 13.5. The molecule has 3 aromatic heterocycles. The fourth-order valence-electron chi connectivity index (χ4n) is 4.45. The number of nitrogens with two attached hydrogens (primary N) is 1. The van der Waals surface area contributed by atoms with Crippen LogP contribution in [0.2, 0.25) is 0 Å². The Kier molecular flexibility index (Phi) is 5.64. The van der Waals surface area contributed by atoms with Gasteiger partial charge in [-0.15, -0.1) is 0 Å². The summed E-state index contributed by atoms with van der Waals surface area (Å²) in [6.07, 6.45) is 8.06. The van der Waals surface area contributed by atoms with E-state index in [9.17, 15) is 4.79 Å². The van der Waals surface area contributed by atoms with Gasteiger partial charge < -0.3 is 14.8 Å². The zero-order chi connectivity index (χ0) is 22.9. The third-order valence-electron chi connectivity index (χ3n) is 6.36. The highest BCUT2D eigenvalue weighted by Gasteiger charge is 2.19. The number of hydrogen-bond acceptors (Lipinski definition) is 6. The Hall–Kier alpha value is -3.58. The maximum Gasteiger partial charge on any atom is 0.250 e. The van der Waals surface area contributed by atoms with Gasteiger partial charge in [-0.3, -0.25) is 9.78 Å². The molecule has 7 heteroatoms. The Morgan fingerprint density at radius 3 is 2.70 bits per heavy atom. The zero-order valence-electron chi connectivity index (χ0n) is 18.9. The molecule has 0 amide bonds. The molecule has 3 heterocycles. The summed E-state index contributed by atoms with van der Waals surface area (Å²) >= 11 is 0. The molecule has 5 rings (SSSR count). The summed E-state index contributed by atoms with van der Waals surface area (Å²) in [6.45, 7) is 3.85. The molecule has 2 N–H and O–H groups in total. The van der Waals surface area contributed by atoms with Crippen molar-refractivity contribution in [2.75, 3.05) is 0 Å². The van der Waals surface area contributed by atoms with Crippen molar-refractivity contribution >= 4 is 0 Å². The Balaban J connectivity index is 1.50. The minimum absolute atomic E-state index is 0.0276. The fourth-order valence-corrected chi connectivity index (χ4v) is 4.45. The molecule has 168 valence electrons. The molecule has 0 bridgehead atoms. The fraction of sp³-hybridized carbons (Fsp3) is 0.308. The zero-order valence-corrected chi connectivity index (χ0v) is 18.9. The molecule has 1 aromatic carbocycles. The van der Waals surface area contributed by atoms with Crippen LogP contribution in [-0.2, 0) is 0 Å². The topological polar surface area (TPSA) is 99.8 Å². The predicted octanol–water partition coefficient (Wildman–Crippen LogP) is 5.07. The Morgan fingerprint density at radius 2 is 1.91 bits per heavy atom. The molecule has 7 nitrogen and oxygen atoms in total. The molecule has 1 saturated carbocycles. The second-order valence-electron chi connectivity index (χ2n) is 8.78. The monoisotopic (exact) mass is 441 g/mol. The van der Waals surface area contributed by atoms with E-state index in [4.69, 9.17) is 15.2 Å². The van der Waals surface area contributed by atoms with E-state index < -0.39 is 0 Å². The number of aromatic nitrogens is 4. The minimum atomic E-state index is -0.0615. The first-order valence-electron chi connectivity index (χ1n) is 11.4. The molecule has 1 unspecified atom stereocenters. The van der Waals surface area contributed by atoms with Crippen molar-refractivity contribution in [2.24, 2.45) is 5.73 Å².